The number of rotatable bonds is 3. The number of fused-ring (bicyclic) bond motifs is 1. The van der Waals surface area contributed by atoms with E-state index in [9.17, 15) is 4.79 Å². The van der Waals surface area contributed by atoms with Crippen LogP contribution in [0.25, 0.3) is 10.9 Å². The first-order chi connectivity index (χ1) is 11.2. The van der Waals surface area contributed by atoms with Gasteiger partial charge >= 0.3 is 5.97 Å². The lowest BCUT2D eigenvalue weighted by Crippen LogP contribution is -2.50. The van der Waals surface area contributed by atoms with Gasteiger partial charge in [-0.1, -0.05) is 18.2 Å². The molecule has 5 rings (SSSR count). The van der Waals surface area contributed by atoms with Crippen LogP contribution in [0.5, 0.6) is 0 Å². The van der Waals surface area contributed by atoms with E-state index in [1.807, 2.05) is 0 Å². The molecule has 1 spiro atoms. The van der Waals surface area contributed by atoms with E-state index in [0.29, 0.717) is 17.4 Å². The third kappa shape index (κ3) is 1.97. The van der Waals surface area contributed by atoms with Crippen LogP contribution < -0.4 is 0 Å². The molecular formula is C19H22N2O2. The Morgan fingerprint density at radius 1 is 1.22 bits per heavy atom. The van der Waals surface area contributed by atoms with Crippen molar-refractivity contribution in [2.75, 3.05) is 7.11 Å². The Hall–Kier alpha value is -1.84. The Labute approximate surface area is 135 Å². The standard InChI is InChI=1S/C19H22N2O2/c1-23-18(22)13-8-19(9-13)10-14(11-19)21-16-5-3-2-4-15(16)17(20-21)12-6-7-12/h2-5,12-14H,6-11H2,1H3. The van der Waals surface area contributed by atoms with Crippen LogP contribution in [-0.2, 0) is 9.53 Å². The number of methoxy groups -OCH3 is 1. The normalized spacial score (nSPS) is 32.6. The van der Waals surface area contributed by atoms with Gasteiger partial charge in [-0.2, -0.15) is 5.10 Å². The summed E-state index contributed by atoms with van der Waals surface area (Å²) in [5, 5.41) is 6.34. The summed E-state index contributed by atoms with van der Waals surface area (Å²) in [5.74, 6) is 0.791. The van der Waals surface area contributed by atoms with Crippen LogP contribution in [0.3, 0.4) is 0 Å². The quantitative estimate of drug-likeness (QED) is 0.810. The molecule has 23 heavy (non-hydrogen) atoms. The van der Waals surface area contributed by atoms with Crippen molar-refractivity contribution in [3.05, 3.63) is 30.0 Å². The number of nitrogens with zero attached hydrogens (tertiary/aromatic N) is 2. The van der Waals surface area contributed by atoms with E-state index in [1.165, 1.54) is 36.5 Å². The Morgan fingerprint density at radius 3 is 2.65 bits per heavy atom. The van der Waals surface area contributed by atoms with Gasteiger partial charge in [-0.3, -0.25) is 9.48 Å². The molecule has 4 nitrogen and oxygen atoms in total. The molecule has 1 aromatic heterocycles. The summed E-state index contributed by atoms with van der Waals surface area (Å²) in [5.41, 5.74) is 2.98. The number of hydrogen-bond acceptors (Lipinski definition) is 3. The molecule has 120 valence electrons. The molecule has 0 unspecified atom stereocenters. The van der Waals surface area contributed by atoms with Crippen molar-refractivity contribution in [2.24, 2.45) is 11.3 Å². The van der Waals surface area contributed by atoms with Crippen LogP contribution in [0.15, 0.2) is 24.3 Å². The van der Waals surface area contributed by atoms with Crippen molar-refractivity contribution in [3.63, 3.8) is 0 Å². The smallest absolute Gasteiger partial charge is 0.308 e. The molecule has 3 aliphatic rings. The lowest BCUT2D eigenvalue weighted by atomic mass is 9.50. The number of benzene rings is 1. The summed E-state index contributed by atoms with van der Waals surface area (Å²) in [6, 6.07) is 9.16. The zero-order valence-corrected chi connectivity index (χ0v) is 13.5. The fourth-order valence-electron chi connectivity index (χ4n) is 4.82. The molecule has 0 amide bonds. The second-order valence-corrected chi connectivity index (χ2v) is 7.81. The van der Waals surface area contributed by atoms with Crippen molar-refractivity contribution < 1.29 is 9.53 Å². The third-order valence-electron chi connectivity index (χ3n) is 6.18. The maximum Gasteiger partial charge on any atom is 0.308 e. The number of carbonyl (C=O) groups excluding carboxylic acids is 1. The Morgan fingerprint density at radius 2 is 1.96 bits per heavy atom. The van der Waals surface area contributed by atoms with Gasteiger partial charge in [-0.05, 0) is 50.0 Å². The first-order valence-corrected chi connectivity index (χ1v) is 8.74. The molecule has 1 heterocycles. The summed E-state index contributed by atoms with van der Waals surface area (Å²) in [7, 11) is 1.49. The molecule has 0 atom stereocenters. The van der Waals surface area contributed by atoms with Crippen molar-refractivity contribution in [1.29, 1.82) is 0 Å². The average Bonchev–Trinajstić information content (AvgIpc) is 3.26. The summed E-state index contributed by atoms with van der Waals surface area (Å²) in [6.45, 7) is 0. The predicted molar refractivity (Wildman–Crippen MR) is 87.2 cm³/mol. The highest BCUT2D eigenvalue weighted by molar-refractivity contribution is 5.83. The minimum absolute atomic E-state index is 0.0281. The maximum atomic E-state index is 11.6. The number of aromatic nitrogens is 2. The number of esters is 1. The molecule has 0 N–H and O–H groups in total. The Bertz CT molecular complexity index is 776. The van der Waals surface area contributed by atoms with Crippen LogP contribution in [0.4, 0.5) is 0 Å². The summed E-state index contributed by atoms with van der Waals surface area (Å²) < 4.78 is 7.14. The van der Waals surface area contributed by atoms with E-state index in [1.54, 1.807) is 0 Å². The van der Waals surface area contributed by atoms with Crippen molar-refractivity contribution in [2.45, 2.75) is 50.5 Å². The van der Waals surface area contributed by atoms with Crippen LogP contribution in [-0.4, -0.2) is 22.9 Å². The highest BCUT2D eigenvalue weighted by Gasteiger charge is 2.56. The van der Waals surface area contributed by atoms with E-state index in [0.717, 1.165) is 25.7 Å². The SMILES string of the molecule is COC(=O)C1CC2(C1)CC(n1nc(C3CC3)c3ccccc31)C2. The van der Waals surface area contributed by atoms with Crippen molar-refractivity contribution >= 4 is 16.9 Å². The molecular weight excluding hydrogens is 288 g/mol. The molecule has 3 saturated carbocycles. The number of hydrogen-bond donors (Lipinski definition) is 0. The van der Waals surface area contributed by atoms with Gasteiger partial charge in [-0.25, -0.2) is 0 Å². The summed E-state index contributed by atoms with van der Waals surface area (Å²) in [4.78, 5) is 11.6. The van der Waals surface area contributed by atoms with Gasteiger partial charge in [0.05, 0.1) is 30.3 Å². The first kappa shape index (κ1) is 13.6. The van der Waals surface area contributed by atoms with Gasteiger partial charge in [-0.15, -0.1) is 0 Å². The van der Waals surface area contributed by atoms with Gasteiger partial charge in [0, 0.05) is 11.3 Å². The largest absolute Gasteiger partial charge is 0.469 e. The van der Waals surface area contributed by atoms with E-state index < -0.39 is 0 Å². The molecule has 1 aromatic carbocycles. The lowest BCUT2D eigenvalue weighted by molar-refractivity contribution is -0.161. The maximum absolute atomic E-state index is 11.6. The van der Waals surface area contributed by atoms with Crippen LogP contribution in [0, 0.1) is 11.3 Å². The predicted octanol–water partition coefficient (Wildman–Crippen LogP) is 3.82. The van der Waals surface area contributed by atoms with Gasteiger partial charge in [0.1, 0.15) is 0 Å². The molecule has 0 bridgehead atoms. The third-order valence-corrected chi connectivity index (χ3v) is 6.18. The minimum Gasteiger partial charge on any atom is -0.469 e. The van der Waals surface area contributed by atoms with E-state index >= 15 is 0 Å². The summed E-state index contributed by atoms with van der Waals surface area (Å²) >= 11 is 0. The van der Waals surface area contributed by atoms with Crippen LogP contribution in [0.1, 0.15) is 56.2 Å². The molecule has 0 aliphatic heterocycles. The summed E-state index contributed by atoms with van der Waals surface area (Å²) in [6.07, 6.45) is 6.91. The molecule has 3 aliphatic carbocycles. The zero-order valence-electron chi connectivity index (χ0n) is 13.5. The van der Waals surface area contributed by atoms with E-state index in [4.69, 9.17) is 9.84 Å². The monoisotopic (exact) mass is 310 g/mol. The molecule has 2 aromatic rings. The highest BCUT2D eigenvalue weighted by Crippen LogP contribution is 2.63. The molecule has 4 heteroatoms. The number of para-hydroxylation sites is 1. The van der Waals surface area contributed by atoms with Gasteiger partial charge in [0.15, 0.2) is 0 Å². The first-order valence-electron chi connectivity index (χ1n) is 8.74. The number of carbonyl (C=O) groups is 1. The Balaban J connectivity index is 1.37. The lowest BCUT2D eigenvalue weighted by Gasteiger charge is -2.56. The van der Waals surface area contributed by atoms with Crippen LogP contribution >= 0.6 is 0 Å². The molecule has 0 saturated heterocycles. The topological polar surface area (TPSA) is 44.1 Å². The van der Waals surface area contributed by atoms with E-state index in [2.05, 4.69) is 28.9 Å². The second kappa shape index (κ2) is 4.59. The van der Waals surface area contributed by atoms with Crippen molar-refractivity contribution in [1.82, 2.24) is 9.78 Å². The van der Waals surface area contributed by atoms with E-state index in [-0.39, 0.29) is 11.9 Å². The van der Waals surface area contributed by atoms with Gasteiger partial charge in [0.2, 0.25) is 0 Å². The average molecular weight is 310 g/mol. The van der Waals surface area contributed by atoms with Crippen molar-refractivity contribution in [3.8, 4) is 0 Å². The van der Waals surface area contributed by atoms with Gasteiger partial charge < -0.3 is 4.74 Å². The van der Waals surface area contributed by atoms with Crippen LogP contribution in [0.2, 0.25) is 0 Å². The minimum atomic E-state index is -0.0281. The highest BCUT2D eigenvalue weighted by atomic mass is 16.5. The van der Waals surface area contributed by atoms with Gasteiger partial charge in [0.25, 0.3) is 0 Å². The fraction of sp³-hybridized carbons (Fsp3) is 0.579. The number of ether oxygens (including phenoxy) is 1. The second-order valence-electron chi connectivity index (χ2n) is 7.81. The molecule has 0 radical (unpaired) electrons. The molecule has 3 fully saturated rings. The zero-order chi connectivity index (χ0) is 15.6. The fourth-order valence-corrected chi connectivity index (χ4v) is 4.82. The Kier molecular flexibility index (Phi) is 2.71.